The van der Waals surface area contributed by atoms with Crippen molar-refractivity contribution in [1.82, 2.24) is 0 Å². The Morgan fingerprint density at radius 1 is 1.69 bits per heavy atom. The van der Waals surface area contributed by atoms with Crippen LogP contribution in [0.5, 0.6) is 0 Å². The zero-order chi connectivity index (χ0) is 9.84. The van der Waals surface area contributed by atoms with Crippen molar-refractivity contribution in [2.45, 2.75) is 33.1 Å². The van der Waals surface area contributed by atoms with Gasteiger partial charge in [0.05, 0.1) is 13.0 Å². The Hall–Kier alpha value is -0.790. The third-order valence-corrected chi connectivity index (χ3v) is 2.96. The summed E-state index contributed by atoms with van der Waals surface area (Å²) >= 11 is 0. The molecule has 0 heterocycles. The van der Waals surface area contributed by atoms with Gasteiger partial charge in [0.2, 0.25) is 0 Å². The van der Waals surface area contributed by atoms with Crippen LogP contribution in [0.4, 0.5) is 0 Å². The van der Waals surface area contributed by atoms with Crippen molar-refractivity contribution in [1.29, 1.82) is 0 Å². The maximum atomic E-state index is 11.2. The van der Waals surface area contributed by atoms with Crippen LogP contribution < -0.4 is 0 Å². The van der Waals surface area contributed by atoms with Gasteiger partial charge in [-0.05, 0) is 32.1 Å². The molecule has 1 rings (SSSR count). The molecular weight excluding hydrogens is 164 g/mol. The predicted octanol–water partition coefficient (Wildman–Crippen LogP) is 2.54. The standard InChI is InChI=1S/C11H18O2/c1-8-4-6-10(7-5-8)9(2)11(12)13-3/h4,9-10H,5-7H2,1-3H3/t9?,10-/m1/s1. The Morgan fingerprint density at radius 3 is 2.85 bits per heavy atom. The van der Waals surface area contributed by atoms with Crippen LogP contribution in [0.3, 0.4) is 0 Å². The average molecular weight is 182 g/mol. The van der Waals surface area contributed by atoms with E-state index in [0.29, 0.717) is 5.92 Å². The number of hydrogen-bond donors (Lipinski definition) is 0. The summed E-state index contributed by atoms with van der Waals surface area (Å²) in [6, 6.07) is 0. The van der Waals surface area contributed by atoms with Crippen LogP contribution >= 0.6 is 0 Å². The van der Waals surface area contributed by atoms with Crippen molar-refractivity contribution in [3.05, 3.63) is 11.6 Å². The van der Waals surface area contributed by atoms with Gasteiger partial charge in [-0.3, -0.25) is 4.79 Å². The van der Waals surface area contributed by atoms with Crippen LogP contribution in [-0.2, 0) is 9.53 Å². The fourth-order valence-electron chi connectivity index (χ4n) is 1.82. The molecule has 0 aromatic carbocycles. The van der Waals surface area contributed by atoms with E-state index in [0.717, 1.165) is 19.3 Å². The number of hydrogen-bond acceptors (Lipinski definition) is 2. The third kappa shape index (κ3) is 2.58. The van der Waals surface area contributed by atoms with E-state index in [1.807, 2.05) is 6.92 Å². The molecule has 0 radical (unpaired) electrons. The Kier molecular flexibility index (Phi) is 3.52. The largest absolute Gasteiger partial charge is 0.469 e. The van der Waals surface area contributed by atoms with Gasteiger partial charge >= 0.3 is 5.97 Å². The quantitative estimate of drug-likeness (QED) is 0.484. The molecule has 2 heteroatoms. The molecule has 1 aliphatic carbocycles. The van der Waals surface area contributed by atoms with Crippen LogP contribution in [0.15, 0.2) is 11.6 Å². The molecule has 13 heavy (non-hydrogen) atoms. The molecule has 0 aliphatic heterocycles. The highest BCUT2D eigenvalue weighted by atomic mass is 16.5. The first kappa shape index (κ1) is 10.3. The summed E-state index contributed by atoms with van der Waals surface area (Å²) in [6.45, 7) is 4.12. The van der Waals surface area contributed by atoms with Gasteiger partial charge in [-0.25, -0.2) is 0 Å². The van der Waals surface area contributed by atoms with Crippen molar-refractivity contribution in [3.8, 4) is 0 Å². The van der Waals surface area contributed by atoms with E-state index >= 15 is 0 Å². The van der Waals surface area contributed by atoms with E-state index in [1.165, 1.54) is 12.7 Å². The van der Waals surface area contributed by atoms with Gasteiger partial charge in [-0.1, -0.05) is 18.6 Å². The molecule has 0 aromatic heterocycles. The fourth-order valence-corrected chi connectivity index (χ4v) is 1.82. The molecule has 0 saturated heterocycles. The second kappa shape index (κ2) is 4.45. The Balaban J connectivity index is 2.50. The van der Waals surface area contributed by atoms with E-state index in [9.17, 15) is 4.79 Å². The van der Waals surface area contributed by atoms with Crippen LogP contribution in [0.2, 0.25) is 0 Å². The van der Waals surface area contributed by atoms with Gasteiger partial charge < -0.3 is 4.74 Å². The molecule has 0 bridgehead atoms. The predicted molar refractivity (Wildman–Crippen MR) is 52.3 cm³/mol. The van der Waals surface area contributed by atoms with E-state index in [1.54, 1.807) is 0 Å². The van der Waals surface area contributed by atoms with Gasteiger partial charge in [-0.15, -0.1) is 0 Å². The second-order valence-corrected chi connectivity index (χ2v) is 3.90. The lowest BCUT2D eigenvalue weighted by Gasteiger charge is -2.24. The molecule has 0 saturated carbocycles. The van der Waals surface area contributed by atoms with Crippen molar-refractivity contribution in [2.75, 3.05) is 7.11 Å². The zero-order valence-corrected chi connectivity index (χ0v) is 8.67. The van der Waals surface area contributed by atoms with Gasteiger partial charge in [0.15, 0.2) is 0 Å². The smallest absolute Gasteiger partial charge is 0.308 e. The molecule has 2 nitrogen and oxygen atoms in total. The maximum Gasteiger partial charge on any atom is 0.308 e. The van der Waals surface area contributed by atoms with Gasteiger partial charge in [0.1, 0.15) is 0 Å². The van der Waals surface area contributed by atoms with E-state index in [-0.39, 0.29) is 11.9 Å². The number of allylic oxidation sites excluding steroid dienone is 2. The summed E-state index contributed by atoms with van der Waals surface area (Å²) in [5, 5.41) is 0. The molecule has 0 aromatic rings. The average Bonchev–Trinajstić information content (AvgIpc) is 2.17. The summed E-state index contributed by atoms with van der Waals surface area (Å²) in [5.74, 6) is 0.462. The first-order valence-corrected chi connectivity index (χ1v) is 4.88. The molecule has 1 unspecified atom stereocenters. The SMILES string of the molecule is COC(=O)C(C)[C@@H]1CC=C(C)CC1. The normalized spacial score (nSPS) is 24.8. The monoisotopic (exact) mass is 182 g/mol. The second-order valence-electron chi connectivity index (χ2n) is 3.90. The van der Waals surface area contributed by atoms with Gasteiger partial charge in [-0.2, -0.15) is 0 Å². The molecule has 0 spiro atoms. The van der Waals surface area contributed by atoms with Crippen molar-refractivity contribution < 1.29 is 9.53 Å². The number of esters is 1. The third-order valence-electron chi connectivity index (χ3n) is 2.96. The van der Waals surface area contributed by atoms with E-state index < -0.39 is 0 Å². The molecular formula is C11H18O2. The highest BCUT2D eigenvalue weighted by Crippen LogP contribution is 2.29. The summed E-state index contributed by atoms with van der Waals surface area (Å²) in [6.07, 6.45) is 5.53. The summed E-state index contributed by atoms with van der Waals surface area (Å²) in [7, 11) is 1.46. The maximum absolute atomic E-state index is 11.2. The molecule has 0 fully saturated rings. The topological polar surface area (TPSA) is 26.3 Å². The lowest BCUT2D eigenvalue weighted by molar-refractivity contribution is -0.146. The first-order valence-electron chi connectivity index (χ1n) is 4.88. The van der Waals surface area contributed by atoms with Crippen LogP contribution in [0, 0.1) is 11.8 Å². The minimum atomic E-state index is -0.0713. The molecule has 1 aliphatic rings. The zero-order valence-electron chi connectivity index (χ0n) is 8.67. The van der Waals surface area contributed by atoms with E-state index in [4.69, 9.17) is 4.74 Å². The summed E-state index contributed by atoms with van der Waals surface area (Å²) in [5.41, 5.74) is 1.45. The Labute approximate surface area is 80.0 Å². The number of carbonyl (C=O) groups excluding carboxylic acids is 1. The minimum absolute atomic E-state index is 0.0503. The van der Waals surface area contributed by atoms with Crippen molar-refractivity contribution >= 4 is 5.97 Å². The van der Waals surface area contributed by atoms with Crippen molar-refractivity contribution in [3.63, 3.8) is 0 Å². The van der Waals surface area contributed by atoms with Crippen LogP contribution in [0.1, 0.15) is 33.1 Å². The lowest BCUT2D eigenvalue weighted by Crippen LogP contribution is -2.23. The molecule has 2 atom stereocenters. The van der Waals surface area contributed by atoms with Crippen LogP contribution in [0.25, 0.3) is 0 Å². The number of rotatable bonds is 2. The molecule has 74 valence electrons. The first-order chi connectivity index (χ1) is 6.15. The van der Waals surface area contributed by atoms with Gasteiger partial charge in [0.25, 0.3) is 0 Å². The summed E-state index contributed by atoms with van der Waals surface area (Å²) in [4.78, 5) is 11.2. The minimum Gasteiger partial charge on any atom is -0.469 e. The highest BCUT2D eigenvalue weighted by Gasteiger charge is 2.25. The lowest BCUT2D eigenvalue weighted by atomic mass is 9.82. The molecule has 0 amide bonds. The number of methoxy groups -OCH3 is 1. The fraction of sp³-hybridized carbons (Fsp3) is 0.727. The Bertz CT molecular complexity index is 218. The van der Waals surface area contributed by atoms with Crippen molar-refractivity contribution in [2.24, 2.45) is 11.8 Å². The number of ether oxygens (including phenoxy) is 1. The van der Waals surface area contributed by atoms with E-state index in [2.05, 4.69) is 13.0 Å². The molecule has 0 N–H and O–H groups in total. The van der Waals surface area contributed by atoms with Crippen LogP contribution in [-0.4, -0.2) is 13.1 Å². The number of carbonyl (C=O) groups is 1. The summed E-state index contributed by atoms with van der Waals surface area (Å²) < 4.78 is 4.73. The van der Waals surface area contributed by atoms with Gasteiger partial charge in [0, 0.05) is 0 Å². The Morgan fingerprint density at radius 2 is 2.38 bits per heavy atom. The highest BCUT2D eigenvalue weighted by molar-refractivity contribution is 5.72.